The maximum absolute atomic E-state index is 14.9. The van der Waals surface area contributed by atoms with Crippen molar-refractivity contribution in [2.24, 2.45) is 0 Å². The van der Waals surface area contributed by atoms with Gasteiger partial charge < -0.3 is 4.74 Å². The number of aryl methyl sites for hydroxylation is 1. The van der Waals surface area contributed by atoms with Gasteiger partial charge in [-0.25, -0.2) is 13.5 Å². The van der Waals surface area contributed by atoms with Crippen LogP contribution >= 0.6 is 0 Å². The van der Waals surface area contributed by atoms with Crippen molar-refractivity contribution in [3.05, 3.63) is 138 Å². The van der Waals surface area contributed by atoms with Crippen LogP contribution in [0.5, 0.6) is 5.75 Å². The highest BCUT2D eigenvalue weighted by atomic mass is 19.4. The molecule has 0 aliphatic carbocycles. The van der Waals surface area contributed by atoms with E-state index in [2.05, 4.69) is 40.7 Å². The summed E-state index contributed by atoms with van der Waals surface area (Å²) in [6.07, 6.45) is -13.3. The van der Waals surface area contributed by atoms with Crippen molar-refractivity contribution in [3.8, 4) is 39.1 Å². The summed E-state index contributed by atoms with van der Waals surface area (Å²) in [6.45, 7) is 2.13. The standard InChI is InChI=1S/C36H25F9O2/c1-2-3-22-4-6-23(7-5-22)24-8-10-25(11-9-24)26-12-14-27(15-13-26)28-16-18-30(32(37)20-28)34(39,40)46-29-17-19-31(33(38)21-29)35(41,42)47-36(43,44)45/h4-21H,2-3H2,1H3. The molecule has 0 aliphatic rings. The maximum Gasteiger partial charge on any atom is 0.527 e. The lowest BCUT2D eigenvalue weighted by Gasteiger charge is -2.21. The van der Waals surface area contributed by atoms with Crippen molar-refractivity contribution in [2.45, 2.75) is 38.3 Å². The lowest BCUT2D eigenvalue weighted by Crippen LogP contribution is -2.28. The smallest absolute Gasteiger partial charge is 0.429 e. The summed E-state index contributed by atoms with van der Waals surface area (Å²) in [4.78, 5) is 0. The van der Waals surface area contributed by atoms with Gasteiger partial charge in [0, 0.05) is 6.07 Å². The van der Waals surface area contributed by atoms with E-state index in [1.165, 1.54) is 11.6 Å². The Labute approximate surface area is 264 Å². The monoisotopic (exact) mass is 660 g/mol. The average molecular weight is 661 g/mol. The molecule has 0 bridgehead atoms. The van der Waals surface area contributed by atoms with Crippen molar-refractivity contribution in [2.75, 3.05) is 0 Å². The number of ether oxygens (including phenoxy) is 2. The third-order valence-corrected chi connectivity index (χ3v) is 7.29. The number of alkyl halides is 7. The molecule has 0 amide bonds. The highest BCUT2D eigenvalue weighted by Crippen LogP contribution is 2.40. The fraction of sp³-hybridized carbons (Fsp3) is 0.167. The first-order valence-electron chi connectivity index (χ1n) is 14.3. The summed E-state index contributed by atoms with van der Waals surface area (Å²) in [5.74, 6) is -4.44. The second-order valence-electron chi connectivity index (χ2n) is 10.6. The predicted molar refractivity (Wildman–Crippen MR) is 159 cm³/mol. The van der Waals surface area contributed by atoms with Crippen LogP contribution in [0.4, 0.5) is 39.5 Å². The van der Waals surface area contributed by atoms with E-state index in [1.807, 2.05) is 24.3 Å². The van der Waals surface area contributed by atoms with E-state index in [-0.39, 0.29) is 17.7 Å². The molecule has 0 aromatic heterocycles. The molecule has 5 aromatic rings. The van der Waals surface area contributed by atoms with Gasteiger partial charge in [0.2, 0.25) is 0 Å². The molecule has 0 aliphatic heterocycles. The normalized spacial score (nSPS) is 12.3. The van der Waals surface area contributed by atoms with Gasteiger partial charge in [0.05, 0.1) is 11.1 Å². The lowest BCUT2D eigenvalue weighted by molar-refractivity contribution is -0.432. The molecule has 0 radical (unpaired) electrons. The minimum atomic E-state index is -5.81. The van der Waals surface area contributed by atoms with Gasteiger partial charge in [-0.15, -0.1) is 13.2 Å². The summed E-state index contributed by atoms with van der Waals surface area (Å²) in [5.41, 5.74) is 2.92. The maximum atomic E-state index is 14.9. The molecule has 11 heteroatoms. The van der Waals surface area contributed by atoms with Crippen molar-refractivity contribution >= 4 is 0 Å². The Hall–Kier alpha value is -4.77. The summed E-state index contributed by atoms with van der Waals surface area (Å²) in [5, 5.41) is 0. The molecular formula is C36H25F9O2. The van der Waals surface area contributed by atoms with Crippen LogP contribution in [0.15, 0.2) is 109 Å². The highest BCUT2D eigenvalue weighted by molar-refractivity contribution is 5.73. The molecule has 0 unspecified atom stereocenters. The van der Waals surface area contributed by atoms with Crippen LogP contribution in [0, 0.1) is 11.6 Å². The number of hydrogen-bond acceptors (Lipinski definition) is 2. The van der Waals surface area contributed by atoms with Gasteiger partial charge in [-0.1, -0.05) is 92.2 Å². The van der Waals surface area contributed by atoms with Crippen LogP contribution in [-0.2, 0) is 23.4 Å². The molecule has 0 spiro atoms. The molecular weight excluding hydrogens is 635 g/mol. The van der Waals surface area contributed by atoms with E-state index in [0.29, 0.717) is 11.6 Å². The van der Waals surface area contributed by atoms with Crippen molar-refractivity contribution in [1.82, 2.24) is 0 Å². The molecule has 0 heterocycles. The molecule has 0 saturated carbocycles. The molecule has 5 aromatic carbocycles. The van der Waals surface area contributed by atoms with Gasteiger partial charge >= 0.3 is 18.6 Å². The average Bonchev–Trinajstić information content (AvgIpc) is 3.00. The Morgan fingerprint density at radius 2 is 0.894 bits per heavy atom. The Kier molecular flexibility index (Phi) is 9.40. The molecule has 244 valence electrons. The third kappa shape index (κ3) is 7.97. The second kappa shape index (κ2) is 13.2. The predicted octanol–water partition coefficient (Wildman–Crippen LogP) is 11.6. The molecule has 0 fully saturated rings. The van der Waals surface area contributed by atoms with E-state index in [4.69, 9.17) is 0 Å². The zero-order valence-electron chi connectivity index (χ0n) is 24.5. The first-order valence-corrected chi connectivity index (χ1v) is 14.3. The van der Waals surface area contributed by atoms with E-state index >= 15 is 0 Å². The van der Waals surface area contributed by atoms with E-state index in [0.717, 1.165) is 47.2 Å². The Balaban J connectivity index is 1.28. The Bertz CT molecular complexity index is 1830. The Morgan fingerprint density at radius 3 is 1.34 bits per heavy atom. The first kappa shape index (κ1) is 33.6. The fourth-order valence-electron chi connectivity index (χ4n) is 4.99. The number of benzene rings is 5. The molecule has 2 nitrogen and oxygen atoms in total. The number of halogens is 9. The van der Waals surface area contributed by atoms with Crippen LogP contribution in [-0.4, -0.2) is 6.36 Å². The van der Waals surface area contributed by atoms with Crippen LogP contribution in [0.2, 0.25) is 0 Å². The van der Waals surface area contributed by atoms with Gasteiger partial charge in [0.15, 0.2) is 0 Å². The van der Waals surface area contributed by atoms with Gasteiger partial charge in [-0.3, -0.25) is 0 Å². The number of hydrogen-bond donors (Lipinski definition) is 0. The van der Waals surface area contributed by atoms with Crippen LogP contribution in [0.1, 0.15) is 30.0 Å². The zero-order valence-corrected chi connectivity index (χ0v) is 24.5. The van der Waals surface area contributed by atoms with Gasteiger partial charge in [0.1, 0.15) is 17.4 Å². The van der Waals surface area contributed by atoms with Crippen molar-refractivity contribution in [3.63, 3.8) is 0 Å². The quantitative estimate of drug-likeness (QED) is 0.139. The topological polar surface area (TPSA) is 18.5 Å². The number of rotatable bonds is 10. The molecule has 0 N–H and O–H groups in total. The van der Waals surface area contributed by atoms with Gasteiger partial charge in [0.25, 0.3) is 0 Å². The molecule has 0 saturated heterocycles. The van der Waals surface area contributed by atoms with Crippen molar-refractivity contribution < 1.29 is 49.0 Å². The summed E-state index contributed by atoms with van der Waals surface area (Å²) >= 11 is 0. The second-order valence-corrected chi connectivity index (χ2v) is 10.6. The molecule has 5 rings (SSSR count). The van der Waals surface area contributed by atoms with Gasteiger partial charge in [-0.05, 0) is 69.6 Å². The molecule has 47 heavy (non-hydrogen) atoms. The zero-order chi connectivity index (χ0) is 34.0. The van der Waals surface area contributed by atoms with Crippen LogP contribution in [0.25, 0.3) is 33.4 Å². The van der Waals surface area contributed by atoms with Crippen LogP contribution in [0.3, 0.4) is 0 Å². The van der Waals surface area contributed by atoms with E-state index in [1.54, 1.807) is 24.3 Å². The largest absolute Gasteiger partial charge is 0.527 e. The Morgan fingerprint density at radius 1 is 0.489 bits per heavy atom. The highest BCUT2D eigenvalue weighted by Gasteiger charge is 2.48. The van der Waals surface area contributed by atoms with E-state index in [9.17, 15) is 39.5 Å². The van der Waals surface area contributed by atoms with E-state index < -0.39 is 47.1 Å². The molecule has 0 atom stereocenters. The van der Waals surface area contributed by atoms with Gasteiger partial charge in [-0.2, -0.15) is 17.6 Å². The van der Waals surface area contributed by atoms with Crippen LogP contribution < -0.4 is 4.74 Å². The summed E-state index contributed by atoms with van der Waals surface area (Å²) < 4.78 is 130. The summed E-state index contributed by atoms with van der Waals surface area (Å²) in [6, 6.07) is 26.7. The minimum Gasteiger partial charge on any atom is -0.429 e. The first-order chi connectivity index (χ1) is 22.1. The fourth-order valence-corrected chi connectivity index (χ4v) is 4.99. The van der Waals surface area contributed by atoms with Crippen molar-refractivity contribution in [1.29, 1.82) is 0 Å². The summed E-state index contributed by atoms with van der Waals surface area (Å²) in [7, 11) is 0. The lowest BCUT2D eigenvalue weighted by atomic mass is 9.97. The SMILES string of the molecule is CCCc1ccc(-c2ccc(-c3ccc(-c4ccc(C(F)(F)Oc5ccc(C(F)(F)OC(F)(F)F)c(F)c5)c(F)c4)cc3)cc2)cc1. The minimum absolute atomic E-state index is 0.0168. The third-order valence-electron chi connectivity index (χ3n) is 7.29.